The first-order valence-corrected chi connectivity index (χ1v) is 8.64. The summed E-state index contributed by atoms with van der Waals surface area (Å²) >= 11 is 7.44. The molecule has 1 heterocycles. The molecule has 5 nitrogen and oxygen atoms in total. The highest BCUT2D eigenvalue weighted by atomic mass is 35.5. The molecule has 2 rings (SSSR count). The first-order valence-electron chi connectivity index (χ1n) is 7.27. The molecule has 0 fully saturated rings. The Morgan fingerprint density at radius 1 is 1.43 bits per heavy atom. The topological polar surface area (TPSA) is 75.6 Å². The van der Waals surface area contributed by atoms with Crippen molar-refractivity contribution in [2.45, 2.75) is 26.7 Å². The predicted octanol–water partition coefficient (Wildman–Crippen LogP) is 4.06. The highest BCUT2D eigenvalue weighted by Crippen LogP contribution is 2.31. The summed E-state index contributed by atoms with van der Waals surface area (Å²) in [6.07, 6.45) is 1.59. The number of hydrogen-bond donors (Lipinski definition) is 2. The maximum Gasteiger partial charge on any atom is 0.337 e. The van der Waals surface area contributed by atoms with Crippen molar-refractivity contribution in [3.63, 3.8) is 0 Å². The first kappa shape index (κ1) is 17.7. The average molecular weight is 356 g/mol. The standard InChI is InChI=1S/C16H18ClNO4S/c1-3-4-12-14(23-6-5-22-12)15(19)18-10-7-9(2)13(17)11(8-10)16(20)21/h7-8H,3-6H2,1-2H3,(H,18,19)(H,20,21). The normalized spacial score (nSPS) is 14.4. The predicted molar refractivity (Wildman–Crippen MR) is 92.1 cm³/mol. The van der Waals surface area contributed by atoms with Gasteiger partial charge in [0.15, 0.2) is 0 Å². The molecule has 0 saturated carbocycles. The summed E-state index contributed by atoms with van der Waals surface area (Å²) in [5.41, 5.74) is 0.971. The zero-order chi connectivity index (χ0) is 17.0. The molecule has 2 N–H and O–H groups in total. The second-order valence-corrected chi connectivity index (χ2v) is 6.60. The van der Waals surface area contributed by atoms with Crippen LogP contribution in [0.15, 0.2) is 22.8 Å². The summed E-state index contributed by atoms with van der Waals surface area (Å²) in [5, 5.41) is 12.1. The fourth-order valence-corrected chi connectivity index (χ4v) is 3.31. The molecule has 0 bridgehead atoms. The van der Waals surface area contributed by atoms with Gasteiger partial charge in [-0.2, -0.15) is 0 Å². The minimum atomic E-state index is -1.13. The Morgan fingerprint density at radius 2 is 2.17 bits per heavy atom. The zero-order valence-electron chi connectivity index (χ0n) is 12.9. The van der Waals surface area contributed by atoms with Crippen LogP contribution in [0.5, 0.6) is 0 Å². The van der Waals surface area contributed by atoms with E-state index in [0.29, 0.717) is 34.9 Å². The highest BCUT2D eigenvalue weighted by Gasteiger charge is 2.22. The molecule has 124 valence electrons. The number of ether oxygens (including phenoxy) is 1. The van der Waals surface area contributed by atoms with Crippen molar-refractivity contribution in [3.8, 4) is 0 Å². The lowest BCUT2D eigenvalue weighted by Gasteiger charge is -2.20. The number of carboxylic acids is 1. The van der Waals surface area contributed by atoms with Gasteiger partial charge in [0.2, 0.25) is 0 Å². The fraction of sp³-hybridized carbons (Fsp3) is 0.375. The van der Waals surface area contributed by atoms with E-state index in [2.05, 4.69) is 5.32 Å². The van der Waals surface area contributed by atoms with E-state index in [1.54, 1.807) is 13.0 Å². The van der Waals surface area contributed by atoms with Crippen LogP contribution in [-0.4, -0.2) is 29.3 Å². The van der Waals surface area contributed by atoms with Crippen LogP contribution < -0.4 is 5.32 Å². The van der Waals surface area contributed by atoms with Gasteiger partial charge in [-0.3, -0.25) is 4.79 Å². The molecule has 1 aliphatic rings. The number of amides is 1. The molecule has 0 radical (unpaired) electrons. The molecular weight excluding hydrogens is 338 g/mol. The van der Waals surface area contributed by atoms with Crippen molar-refractivity contribution in [1.82, 2.24) is 0 Å². The number of thioether (sulfide) groups is 1. The van der Waals surface area contributed by atoms with Gasteiger partial charge in [0.1, 0.15) is 10.7 Å². The Kier molecular flexibility index (Phi) is 5.96. The highest BCUT2D eigenvalue weighted by molar-refractivity contribution is 8.04. The van der Waals surface area contributed by atoms with Gasteiger partial charge in [-0.1, -0.05) is 18.5 Å². The molecule has 0 unspecified atom stereocenters. The molecule has 0 saturated heterocycles. The quantitative estimate of drug-likeness (QED) is 0.833. The number of halogens is 1. The largest absolute Gasteiger partial charge is 0.496 e. The van der Waals surface area contributed by atoms with Crippen molar-refractivity contribution >= 4 is 40.9 Å². The Bertz CT molecular complexity index is 672. The van der Waals surface area contributed by atoms with Crippen molar-refractivity contribution in [3.05, 3.63) is 38.9 Å². The van der Waals surface area contributed by atoms with Gasteiger partial charge >= 0.3 is 5.97 Å². The van der Waals surface area contributed by atoms with Crippen molar-refractivity contribution in [1.29, 1.82) is 0 Å². The summed E-state index contributed by atoms with van der Waals surface area (Å²) in [6.45, 7) is 4.32. The maximum absolute atomic E-state index is 12.5. The van der Waals surface area contributed by atoms with E-state index in [9.17, 15) is 14.7 Å². The van der Waals surface area contributed by atoms with E-state index in [1.807, 2.05) is 6.92 Å². The molecule has 7 heteroatoms. The summed E-state index contributed by atoms with van der Waals surface area (Å²) in [7, 11) is 0. The summed E-state index contributed by atoms with van der Waals surface area (Å²) < 4.78 is 5.58. The van der Waals surface area contributed by atoms with Crippen molar-refractivity contribution in [2.75, 3.05) is 17.7 Å². The summed E-state index contributed by atoms with van der Waals surface area (Å²) in [4.78, 5) is 24.3. The minimum Gasteiger partial charge on any atom is -0.496 e. The average Bonchev–Trinajstić information content (AvgIpc) is 2.51. The maximum atomic E-state index is 12.5. The van der Waals surface area contributed by atoms with Crippen molar-refractivity contribution in [2.24, 2.45) is 0 Å². The van der Waals surface area contributed by atoms with Crippen LogP contribution >= 0.6 is 23.4 Å². The summed E-state index contributed by atoms with van der Waals surface area (Å²) in [5.74, 6) is 0.00719. The lowest BCUT2D eigenvalue weighted by molar-refractivity contribution is -0.112. The molecule has 1 aromatic rings. The van der Waals surface area contributed by atoms with E-state index < -0.39 is 5.97 Å². The van der Waals surface area contributed by atoms with Crippen LogP contribution in [0.3, 0.4) is 0 Å². The number of aromatic carboxylic acids is 1. The van der Waals surface area contributed by atoms with Crippen LogP contribution in [0.2, 0.25) is 5.02 Å². The van der Waals surface area contributed by atoms with Gasteiger partial charge < -0.3 is 15.2 Å². The lowest BCUT2D eigenvalue weighted by Crippen LogP contribution is -2.19. The Labute approximate surface area is 144 Å². The second-order valence-electron chi connectivity index (χ2n) is 5.11. The Morgan fingerprint density at radius 3 is 2.83 bits per heavy atom. The fourth-order valence-electron chi connectivity index (χ4n) is 2.24. The number of carbonyl (C=O) groups excluding carboxylic acids is 1. The van der Waals surface area contributed by atoms with E-state index in [1.165, 1.54) is 17.8 Å². The minimum absolute atomic E-state index is 0.0303. The molecule has 1 aliphatic heterocycles. The van der Waals surface area contributed by atoms with E-state index in [4.69, 9.17) is 16.3 Å². The zero-order valence-corrected chi connectivity index (χ0v) is 14.5. The number of carboxylic acid groups (broad SMARTS) is 1. The molecule has 0 aliphatic carbocycles. The lowest BCUT2D eigenvalue weighted by atomic mass is 10.1. The van der Waals surface area contributed by atoms with Gasteiger partial charge in [-0.05, 0) is 31.0 Å². The molecule has 0 spiro atoms. The van der Waals surface area contributed by atoms with Crippen LogP contribution in [0.25, 0.3) is 0 Å². The SMILES string of the molecule is CCCC1=C(C(=O)Nc2cc(C)c(Cl)c(C(=O)O)c2)SCCO1. The van der Waals surface area contributed by atoms with Gasteiger partial charge in [0.05, 0.1) is 17.2 Å². The number of rotatable bonds is 5. The number of aryl methyl sites for hydroxylation is 1. The number of carbonyl (C=O) groups is 2. The second kappa shape index (κ2) is 7.75. The van der Waals surface area contributed by atoms with Crippen LogP contribution in [0, 0.1) is 6.92 Å². The summed E-state index contributed by atoms with van der Waals surface area (Å²) in [6, 6.07) is 3.02. The van der Waals surface area contributed by atoms with Crippen LogP contribution in [-0.2, 0) is 9.53 Å². The van der Waals surface area contributed by atoms with E-state index in [-0.39, 0.29) is 16.5 Å². The van der Waals surface area contributed by atoms with Gasteiger partial charge in [0, 0.05) is 17.9 Å². The van der Waals surface area contributed by atoms with Gasteiger partial charge in [-0.15, -0.1) is 11.8 Å². The monoisotopic (exact) mass is 355 g/mol. The molecule has 1 amide bonds. The smallest absolute Gasteiger partial charge is 0.337 e. The van der Waals surface area contributed by atoms with E-state index in [0.717, 1.165) is 12.2 Å². The van der Waals surface area contributed by atoms with E-state index >= 15 is 0 Å². The number of anilines is 1. The molecule has 23 heavy (non-hydrogen) atoms. The number of nitrogens with one attached hydrogen (secondary N) is 1. The van der Waals surface area contributed by atoms with Gasteiger partial charge in [0.25, 0.3) is 5.91 Å². The third-order valence-electron chi connectivity index (χ3n) is 3.29. The number of benzene rings is 1. The van der Waals surface area contributed by atoms with Crippen LogP contribution in [0.1, 0.15) is 35.7 Å². The molecule has 1 aromatic carbocycles. The molecule has 0 atom stereocenters. The molecule has 0 aromatic heterocycles. The number of allylic oxidation sites excluding steroid dienone is 1. The van der Waals surface area contributed by atoms with Crippen molar-refractivity contribution < 1.29 is 19.4 Å². The third kappa shape index (κ3) is 4.20. The molecular formula is C16H18ClNO4S. The Hall–Kier alpha value is -1.66. The van der Waals surface area contributed by atoms with Gasteiger partial charge in [-0.25, -0.2) is 4.79 Å². The van der Waals surface area contributed by atoms with Crippen LogP contribution in [0.4, 0.5) is 5.69 Å². The first-order chi connectivity index (χ1) is 10.9. The third-order valence-corrected chi connectivity index (χ3v) is 4.86. The number of hydrogen-bond acceptors (Lipinski definition) is 4. The Balaban J connectivity index is 2.28.